The van der Waals surface area contributed by atoms with Gasteiger partial charge in [-0.2, -0.15) is 0 Å². The fraction of sp³-hybridized carbons (Fsp3) is 0.429. The quantitative estimate of drug-likeness (QED) is 0.870. The van der Waals surface area contributed by atoms with Gasteiger partial charge in [0, 0.05) is 25.2 Å². The molecule has 2 amide bonds. The second kappa shape index (κ2) is 6.27. The number of nitrogens with one attached hydrogen (secondary N) is 1. The van der Waals surface area contributed by atoms with Gasteiger partial charge in [0.15, 0.2) is 0 Å². The van der Waals surface area contributed by atoms with E-state index in [-0.39, 0.29) is 12.6 Å². The maximum Gasteiger partial charge on any atom is 0.317 e. The smallest absolute Gasteiger partial charge is 0.317 e. The van der Waals surface area contributed by atoms with E-state index in [4.69, 9.17) is 9.84 Å². The number of methoxy groups -OCH3 is 1. The van der Waals surface area contributed by atoms with Gasteiger partial charge >= 0.3 is 12.0 Å². The van der Waals surface area contributed by atoms with Gasteiger partial charge in [-0.25, -0.2) is 4.79 Å². The number of carboxylic acids is 1. The fourth-order valence-electron chi connectivity index (χ4n) is 2.28. The number of aliphatic carboxylic acids is 1. The summed E-state index contributed by atoms with van der Waals surface area (Å²) in [5.74, 6) is -0.574. The van der Waals surface area contributed by atoms with Crippen molar-refractivity contribution in [3.8, 4) is 5.75 Å². The lowest BCUT2D eigenvalue weighted by Crippen LogP contribution is -2.38. The van der Waals surface area contributed by atoms with E-state index in [9.17, 15) is 9.59 Å². The highest BCUT2D eigenvalue weighted by atomic mass is 16.5. The highest BCUT2D eigenvalue weighted by Gasteiger charge is 2.30. The number of hydrogen-bond donors (Lipinski definition) is 2. The zero-order valence-electron chi connectivity index (χ0n) is 11.3. The monoisotopic (exact) mass is 278 g/mol. The van der Waals surface area contributed by atoms with Crippen LogP contribution in [0, 0.1) is 5.92 Å². The van der Waals surface area contributed by atoms with Gasteiger partial charge in [-0.1, -0.05) is 18.2 Å². The molecular formula is C14H18N2O4. The van der Waals surface area contributed by atoms with Crippen molar-refractivity contribution in [2.45, 2.75) is 13.0 Å². The lowest BCUT2D eigenvalue weighted by Gasteiger charge is -2.17. The molecule has 1 unspecified atom stereocenters. The summed E-state index contributed by atoms with van der Waals surface area (Å²) in [7, 11) is 1.58. The number of rotatable bonds is 4. The van der Waals surface area contributed by atoms with E-state index < -0.39 is 11.9 Å². The SMILES string of the molecule is COc1ccccc1CNC(=O)N1CCC(C(=O)O)C1. The van der Waals surface area contributed by atoms with Gasteiger partial charge in [0.05, 0.1) is 13.0 Å². The van der Waals surface area contributed by atoms with Gasteiger partial charge in [-0.05, 0) is 12.5 Å². The van der Waals surface area contributed by atoms with Gasteiger partial charge in [0.2, 0.25) is 0 Å². The van der Waals surface area contributed by atoms with Crippen molar-refractivity contribution in [1.29, 1.82) is 0 Å². The Bertz CT molecular complexity index is 504. The van der Waals surface area contributed by atoms with Crippen molar-refractivity contribution < 1.29 is 19.4 Å². The van der Waals surface area contributed by atoms with Gasteiger partial charge in [-0.15, -0.1) is 0 Å². The molecule has 1 atom stereocenters. The first kappa shape index (κ1) is 14.2. The summed E-state index contributed by atoms with van der Waals surface area (Å²) in [6, 6.07) is 7.21. The Hall–Kier alpha value is -2.24. The molecule has 0 saturated carbocycles. The molecule has 1 heterocycles. The molecule has 1 aliphatic heterocycles. The third kappa shape index (κ3) is 3.20. The third-order valence-electron chi connectivity index (χ3n) is 3.45. The van der Waals surface area contributed by atoms with Crippen LogP contribution in [0.1, 0.15) is 12.0 Å². The second-order valence-corrected chi connectivity index (χ2v) is 4.74. The largest absolute Gasteiger partial charge is 0.496 e. The normalized spacial score (nSPS) is 17.9. The molecule has 1 saturated heterocycles. The molecule has 1 fully saturated rings. The summed E-state index contributed by atoms with van der Waals surface area (Å²) < 4.78 is 5.21. The van der Waals surface area contributed by atoms with E-state index in [2.05, 4.69) is 5.32 Å². The molecule has 6 nitrogen and oxygen atoms in total. The summed E-state index contributed by atoms with van der Waals surface area (Å²) in [4.78, 5) is 24.4. The van der Waals surface area contributed by atoms with Gasteiger partial charge in [0.25, 0.3) is 0 Å². The Balaban J connectivity index is 1.88. The predicted molar refractivity (Wildman–Crippen MR) is 72.5 cm³/mol. The Kier molecular flexibility index (Phi) is 4.45. The van der Waals surface area contributed by atoms with Crippen molar-refractivity contribution >= 4 is 12.0 Å². The van der Waals surface area contributed by atoms with Crippen LogP contribution in [0.25, 0.3) is 0 Å². The number of benzene rings is 1. The lowest BCUT2D eigenvalue weighted by atomic mass is 10.1. The van der Waals surface area contributed by atoms with E-state index >= 15 is 0 Å². The topological polar surface area (TPSA) is 78.9 Å². The predicted octanol–water partition coefficient (Wildman–Crippen LogP) is 1.31. The number of hydrogen-bond acceptors (Lipinski definition) is 3. The Morgan fingerprint density at radius 2 is 2.20 bits per heavy atom. The minimum absolute atomic E-state index is 0.236. The van der Waals surface area contributed by atoms with Crippen molar-refractivity contribution in [2.75, 3.05) is 20.2 Å². The average molecular weight is 278 g/mol. The number of carbonyl (C=O) groups is 2. The maximum atomic E-state index is 12.0. The van der Waals surface area contributed by atoms with Crippen molar-refractivity contribution in [3.05, 3.63) is 29.8 Å². The molecule has 2 rings (SSSR count). The molecule has 2 N–H and O–H groups in total. The first-order valence-electron chi connectivity index (χ1n) is 6.49. The third-order valence-corrected chi connectivity index (χ3v) is 3.45. The Labute approximate surface area is 117 Å². The van der Waals surface area contributed by atoms with Crippen LogP contribution in [0.5, 0.6) is 5.75 Å². The van der Waals surface area contributed by atoms with E-state index in [0.29, 0.717) is 19.5 Å². The molecule has 108 valence electrons. The number of nitrogens with zero attached hydrogens (tertiary/aromatic N) is 1. The minimum atomic E-state index is -0.843. The summed E-state index contributed by atoms with van der Waals surface area (Å²) in [5, 5.41) is 11.7. The van der Waals surface area contributed by atoms with E-state index in [1.165, 1.54) is 4.90 Å². The summed E-state index contributed by atoms with van der Waals surface area (Å²) in [5.41, 5.74) is 0.886. The molecule has 20 heavy (non-hydrogen) atoms. The van der Waals surface area contributed by atoms with Crippen LogP contribution in [0.15, 0.2) is 24.3 Å². The molecule has 0 bridgehead atoms. The number of para-hydroxylation sites is 1. The molecule has 0 spiro atoms. The zero-order chi connectivity index (χ0) is 14.5. The molecule has 0 aliphatic carbocycles. The van der Waals surface area contributed by atoms with Crippen LogP contribution >= 0.6 is 0 Å². The van der Waals surface area contributed by atoms with Crippen molar-refractivity contribution in [3.63, 3.8) is 0 Å². The molecule has 0 aromatic heterocycles. The minimum Gasteiger partial charge on any atom is -0.496 e. The van der Waals surface area contributed by atoms with Gasteiger partial charge < -0.3 is 20.1 Å². The number of amides is 2. The highest BCUT2D eigenvalue weighted by Crippen LogP contribution is 2.18. The molecule has 6 heteroatoms. The summed E-state index contributed by atoms with van der Waals surface area (Å²) in [6.07, 6.45) is 0.511. The first-order valence-corrected chi connectivity index (χ1v) is 6.49. The first-order chi connectivity index (χ1) is 9.61. The van der Waals surface area contributed by atoms with Crippen LogP contribution in [-0.2, 0) is 11.3 Å². The molecular weight excluding hydrogens is 260 g/mol. The number of urea groups is 1. The second-order valence-electron chi connectivity index (χ2n) is 4.74. The lowest BCUT2D eigenvalue weighted by molar-refractivity contribution is -0.141. The summed E-state index contributed by atoms with van der Waals surface area (Å²) >= 11 is 0. The maximum absolute atomic E-state index is 12.0. The number of carboxylic acid groups (broad SMARTS) is 1. The number of carbonyl (C=O) groups excluding carboxylic acids is 1. The van der Waals surface area contributed by atoms with Gasteiger partial charge in [-0.3, -0.25) is 4.79 Å². The fourth-order valence-corrected chi connectivity index (χ4v) is 2.28. The van der Waals surface area contributed by atoms with E-state index in [1.807, 2.05) is 24.3 Å². The standard InChI is InChI=1S/C14H18N2O4/c1-20-12-5-3-2-4-10(12)8-15-14(19)16-7-6-11(9-16)13(17)18/h2-5,11H,6-9H2,1H3,(H,15,19)(H,17,18). The highest BCUT2D eigenvalue weighted by molar-refractivity contribution is 5.77. The van der Waals surface area contributed by atoms with E-state index in [0.717, 1.165) is 11.3 Å². The Morgan fingerprint density at radius 3 is 2.85 bits per heavy atom. The van der Waals surface area contributed by atoms with E-state index in [1.54, 1.807) is 7.11 Å². The number of likely N-dealkylation sites (tertiary alicyclic amines) is 1. The molecule has 1 aromatic rings. The van der Waals surface area contributed by atoms with Crippen molar-refractivity contribution in [2.24, 2.45) is 5.92 Å². The van der Waals surface area contributed by atoms with Crippen LogP contribution in [0.4, 0.5) is 4.79 Å². The van der Waals surface area contributed by atoms with Crippen LogP contribution in [0.2, 0.25) is 0 Å². The molecule has 0 radical (unpaired) electrons. The molecule has 1 aliphatic rings. The van der Waals surface area contributed by atoms with Crippen molar-refractivity contribution in [1.82, 2.24) is 10.2 Å². The molecule has 1 aromatic carbocycles. The zero-order valence-corrected chi connectivity index (χ0v) is 11.3. The summed E-state index contributed by atoms with van der Waals surface area (Å²) in [6.45, 7) is 1.11. The van der Waals surface area contributed by atoms with Crippen LogP contribution in [-0.4, -0.2) is 42.2 Å². The average Bonchev–Trinajstić information content (AvgIpc) is 2.95. The van der Waals surface area contributed by atoms with Crippen LogP contribution < -0.4 is 10.1 Å². The Morgan fingerprint density at radius 1 is 1.45 bits per heavy atom. The van der Waals surface area contributed by atoms with Gasteiger partial charge in [0.1, 0.15) is 5.75 Å². The number of ether oxygens (including phenoxy) is 1. The van der Waals surface area contributed by atoms with Crippen LogP contribution in [0.3, 0.4) is 0 Å².